The van der Waals surface area contributed by atoms with Gasteiger partial charge in [-0.2, -0.15) is 0 Å². The van der Waals surface area contributed by atoms with Gasteiger partial charge in [0.15, 0.2) is 0 Å². The molecule has 0 aliphatic heterocycles. The van der Waals surface area contributed by atoms with Crippen molar-refractivity contribution in [1.29, 1.82) is 0 Å². The highest BCUT2D eigenvalue weighted by atomic mass is 35.5. The van der Waals surface area contributed by atoms with Crippen LogP contribution < -0.4 is 11.4 Å². The van der Waals surface area contributed by atoms with Gasteiger partial charge < -0.3 is 10.2 Å². The van der Waals surface area contributed by atoms with Gasteiger partial charge in [-0.3, -0.25) is 0 Å². The molecule has 0 spiro atoms. The second kappa shape index (κ2) is 5.11. The molecule has 0 radical (unpaired) electrons. The summed E-state index contributed by atoms with van der Waals surface area (Å²) in [6.07, 6.45) is 0. The minimum Gasteiger partial charge on any atom is -0.422 e. The third kappa shape index (κ3) is 2.24. The molecule has 0 saturated heterocycles. The highest BCUT2D eigenvalue weighted by molar-refractivity contribution is 6.30. The molecule has 0 unspecified atom stereocenters. The summed E-state index contributed by atoms with van der Waals surface area (Å²) >= 11 is 5.93. The summed E-state index contributed by atoms with van der Waals surface area (Å²) < 4.78 is 5.32. The van der Waals surface area contributed by atoms with Gasteiger partial charge in [-0.25, -0.2) is 9.78 Å². The van der Waals surface area contributed by atoms with Gasteiger partial charge in [0.2, 0.25) is 0 Å². The Morgan fingerprint density at radius 2 is 1.74 bits per heavy atom. The molecule has 4 nitrogen and oxygen atoms in total. The SMILES string of the molecule is Nc1nc(-c2ccc(Cl)cc2)cc2c1c(=O)oc1ccccc12. The van der Waals surface area contributed by atoms with Gasteiger partial charge >= 0.3 is 5.63 Å². The second-order valence-corrected chi connectivity index (χ2v) is 5.64. The molecule has 2 heterocycles. The van der Waals surface area contributed by atoms with E-state index in [9.17, 15) is 4.79 Å². The highest BCUT2D eigenvalue weighted by Crippen LogP contribution is 2.30. The number of nitrogens with two attached hydrogens (primary N) is 1. The number of nitrogen functional groups attached to an aromatic ring is 1. The highest BCUT2D eigenvalue weighted by Gasteiger charge is 2.13. The van der Waals surface area contributed by atoms with Crippen molar-refractivity contribution in [2.45, 2.75) is 0 Å². The summed E-state index contributed by atoms with van der Waals surface area (Å²) in [6.45, 7) is 0. The standard InChI is InChI=1S/C18H11ClN2O2/c19-11-7-5-10(6-8-11)14-9-13-12-3-1-2-4-15(12)23-18(22)16(13)17(20)21-14/h1-9H,(H2,20,21). The van der Waals surface area contributed by atoms with Gasteiger partial charge in [0, 0.05) is 21.4 Å². The molecule has 4 aromatic rings. The van der Waals surface area contributed by atoms with E-state index in [4.69, 9.17) is 21.8 Å². The lowest BCUT2D eigenvalue weighted by Crippen LogP contribution is -2.06. The Hall–Kier alpha value is -2.85. The van der Waals surface area contributed by atoms with Crippen LogP contribution in [0.5, 0.6) is 0 Å². The normalized spacial score (nSPS) is 11.2. The zero-order chi connectivity index (χ0) is 16.0. The molecule has 23 heavy (non-hydrogen) atoms. The molecule has 2 N–H and O–H groups in total. The zero-order valence-electron chi connectivity index (χ0n) is 11.9. The number of fused-ring (bicyclic) bond motifs is 3. The smallest absolute Gasteiger partial charge is 0.347 e. The molecule has 0 atom stereocenters. The summed E-state index contributed by atoms with van der Waals surface area (Å²) in [5.41, 5.74) is 7.62. The summed E-state index contributed by atoms with van der Waals surface area (Å²) in [4.78, 5) is 16.5. The van der Waals surface area contributed by atoms with E-state index in [0.717, 1.165) is 16.3 Å². The fraction of sp³-hybridized carbons (Fsp3) is 0. The summed E-state index contributed by atoms with van der Waals surface area (Å²) in [5.74, 6) is 0.159. The number of anilines is 1. The lowest BCUT2D eigenvalue weighted by molar-refractivity contribution is 0.570. The number of hydrogen-bond donors (Lipinski definition) is 1. The first-order valence-corrected chi connectivity index (χ1v) is 7.39. The first kappa shape index (κ1) is 13.8. The monoisotopic (exact) mass is 322 g/mol. The molecule has 0 saturated carbocycles. The van der Waals surface area contributed by atoms with E-state index in [2.05, 4.69) is 4.98 Å². The van der Waals surface area contributed by atoms with Gasteiger partial charge in [-0.1, -0.05) is 41.9 Å². The van der Waals surface area contributed by atoms with E-state index in [1.54, 1.807) is 18.2 Å². The van der Waals surface area contributed by atoms with Crippen LogP contribution in [0.25, 0.3) is 33.0 Å². The molecule has 0 amide bonds. The van der Waals surface area contributed by atoms with E-state index in [-0.39, 0.29) is 5.82 Å². The number of aromatic nitrogens is 1. The summed E-state index contributed by atoms with van der Waals surface area (Å²) in [5, 5.41) is 2.51. The van der Waals surface area contributed by atoms with Crippen molar-refractivity contribution in [2.24, 2.45) is 0 Å². The van der Waals surface area contributed by atoms with Gasteiger partial charge in [0.1, 0.15) is 16.8 Å². The lowest BCUT2D eigenvalue weighted by Gasteiger charge is -2.08. The van der Waals surface area contributed by atoms with Crippen molar-refractivity contribution in [3.8, 4) is 11.3 Å². The maximum atomic E-state index is 12.2. The number of halogens is 1. The Bertz CT molecular complexity index is 1100. The average molecular weight is 323 g/mol. The maximum absolute atomic E-state index is 12.2. The lowest BCUT2D eigenvalue weighted by atomic mass is 10.0. The molecular formula is C18H11ClN2O2. The van der Waals surface area contributed by atoms with Crippen molar-refractivity contribution in [3.63, 3.8) is 0 Å². The zero-order valence-corrected chi connectivity index (χ0v) is 12.7. The molecule has 2 aromatic heterocycles. The molecule has 112 valence electrons. The van der Waals surface area contributed by atoms with Crippen LogP contribution in [-0.4, -0.2) is 4.98 Å². The van der Waals surface area contributed by atoms with E-state index in [0.29, 0.717) is 21.7 Å². The first-order valence-electron chi connectivity index (χ1n) is 7.01. The Morgan fingerprint density at radius 3 is 2.52 bits per heavy atom. The van der Waals surface area contributed by atoms with Crippen molar-refractivity contribution in [1.82, 2.24) is 4.98 Å². The molecule has 0 aliphatic carbocycles. The Morgan fingerprint density at radius 1 is 1.00 bits per heavy atom. The number of rotatable bonds is 1. The summed E-state index contributed by atoms with van der Waals surface area (Å²) in [6, 6.07) is 16.5. The number of nitrogens with zero attached hydrogens (tertiary/aromatic N) is 1. The van der Waals surface area contributed by atoms with Gasteiger partial charge in [-0.05, 0) is 24.3 Å². The number of para-hydroxylation sites is 1. The van der Waals surface area contributed by atoms with Crippen molar-refractivity contribution < 1.29 is 4.42 Å². The van der Waals surface area contributed by atoms with E-state index in [1.165, 1.54) is 0 Å². The quantitative estimate of drug-likeness (QED) is 0.420. The Kier molecular flexibility index (Phi) is 3.06. The van der Waals surface area contributed by atoms with Crippen molar-refractivity contribution >= 4 is 39.2 Å². The third-order valence-corrected chi connectivity index (χ3v) is 4.02. The first-order chi connectivity index (χ1) is 11.1. The topological polar surface area (TPSA) is 69.1 Å². The van der Waals surface area contributed by atoms with E-state index >= 15 is 0 Å². The fourth-order valence-electron chi connectivity index (χ4n) is 2.69. The van der Waals surface area contributed by atoms with Crippen LogP contribution in [0.3, 0.4) is 0 Å². The number of hydrogen-bond acceptors (Lipinski definition) is 4. The van der Waals surface area contributed by atoms with Crippen LogP contribution in [-0.2, 0) is 0 Å². The van der Waals surface area contributed by atoms with E-state index in [1.807, 2.05) is 36.4 Å². The number of benzene rings is 2. The predicted octanol–water partition coefficient (Wildman–Crippen LogP) is 4.24. The largest absolute Gasteiger partial charge is 0.422 e. The maximum Gasteiger partial charge on any atom is 0.347 e. The minimum atomic E-state index is -0.480. The predicted molar refractivity (Wildman–Crippen MR) is 92.6 cm³/mol. The average Bonchev–Trinajstić information content (AvgIpc) is 2.55. The van der Waals surface area contributed by atoms with Crippen LogP contribution in [0.2, 0.25) is 5.02 Å². The van der Waals surface area contributed by atoms with Crippen molar-refractivity contribution in [2.75, 3.05) is 5.73 Å². The van der Waals surface area contributed by atoms with Crippen molar-refractivity contribution in [3.05, 3.63) is 70.0 Å². The van der Waals surface area contributed by atoms with Crippen LogP contribution in [0.4, 0.5) is 5.82 Å². The fourth-order valence-corrected chi connectivity index (χ4v) is 2.82. The molecule has 2 aromatic carbocycles. The molecule has 0 aliphatic rings. The molecule has 4 rings (SSSR count). The second-order valence-electron chi connectivity index (χ2n) is 5.21. The molecule has 0 bridgehead atoms. The van der Waals surface area contributed by atoms with Crippen LogP contribution in [0.1, 0.15) is 0 Å². The van der Waals surface area contributed by atoms with E-state index < -0.39 is 5.63 Å². The van der Waals surface area contributed by atoms with Gasteiger partial charge in [0.25, 0.3) is 0 Å². The van der Waals surface area contributed by atoms with Crippen LogP contribution in [0, 0.1) is 0 Å². The van der Waals surface area contributed by atoms with Gasteiger partial charge in [0.05, 0.1) is 5.69 Å². The Labute approximate surface area is 136 Å². The molecular weight excluding hydrogens is 312 g/mol. The third-order valence-electron chi connectivity index (χ3n) is 3.77. The molecule has 0 fully saturated rings. The Balaban J connectivity index is 2.11. The van der Waals surface area contributed by atoms with Crippen LogP contribution in [0.15, 0.2) is 63.8 Å². The van der Waals surface area contributed by atoms with Crippen LogP contribution >= 0.6 is 11.6 Å². The van der Waals surface area contributed by atoms with Gasteiger partial charge in [-0.15, -0.1) is 0 Å². The molecule has 5 heteroatoms. The summed E-state index contributed by atoms with van der Waals surface area (Å²) in [7, 11) is 0. The minimum absolute atomic E-state index is 0.159. The number of pyridine rings is 1.